The zero-order chi connectivity index (χ0) is 15.3. The molecule has 0 fully saturated rings. The van der Waals surface area contributed by atoms with E-state index in [9.17, 15) is 22.7 Å². The molecule has 20 heavy (non-hydrogen) atoms. The van der Waals surface area contributed by atoms with E-state index in [-0.39, 0.29) is 24.3 Å². The molecule has 7 heteroatoms. The van der Waals surface area contributed by atoms with Gasteiger partial charge in [-0.25, -0.2) is 4.39 Å². The Morgan fingerprint density at radius 3 is 2.55 bits per heavy atom. The third-order valence-electron chi connectivity index (χ3n) is 2.80. The summed E-state index contributed by atoms with van der Waals surface area (Å²) in [5.74, 6) is -0.466. The molecule has 1 unspecified atom stereocenters. The van der Waals surface area contributed by atoms with Crippen molar-refractivity contribution in [2.24, 2.45) is 0 Å². The van der Waals surface area contributed by atoms with Gasteiger partial charge in [0.2, 0.25) is 0 Å². The van der Waals surface area contributed by atoms with Crippen LogP contribution in [-0.2, 0) is 0 Å². The molecular weight excluding hydrogens is 278 g/mol. The van der Waals surface area contributed by atoms with Crippen molar-refractivity contribution < 1.29 is 27.4 Å². The second-order valence-corrected chi connectivity index (χ2v) is 4.51. The van der Waals surface area contributed by atoms with E-state index in [0.29, 0.717) is 0 Å². The quantitative estimate of drug-likeness (QED) is 0.819. The fourth-order valence-corrected chi connectivity index (χ4v) is 1.89. The van der Waals surface area contributed by atoms with Crippen molar-refractivity contribution in [3.63, 3.8) is 0 Å². The average Bonchev–Trinajstić information content (AvgIpc) is 2.33. The maximum Gasteiger partial charge on any atom is 0.401 e. The molecule has 0 bridgehead atoms. The largest absolute Gasteiger partial charge is 0.496 e. The number of halogens is 4. The van der Waals surface area contributed by atoms with Crippen LogP contribution in [0.2, 0.25) is 0 Å². The Labute approximate surface area is 114 Å². The summed E-state index contributed by atoms with van der Waals surface area (Å²) < 4.78 is 55.0. The highest BCUT2D eigenvalue weighted by molar-refractivity contribution is 5.36. The van der Waals surface area contributed by atoms with E-state index >= 15 is 0 Å². The molecule has 0 aliphatic heterocycles. The first-order chi connectivity index (χ1) is 9.24. The zero-order valence-corrected chi connectivity index (χ0v) is 11.2. The Balaban J connectivity index is 2.66. The molecule has 1 N–H and O–H groups in total. The van der Waals surface area contributed by atoms with Crippen molar-refractivity contribution in [2.45, 2.75) is 18.7 Å². The summed E-state index contributed by atoms with van der Waals surface area (Å²) in [4.78, 5) is 1.02. The highest BCUT2D eigenvalue weighted by atomic mass is 19.4. The number of aliphatic hydroxyl groups excluding tert-OH is 1. The normalized spacial score (nSPS) is 13.6. The topological polar surface area (TPSA) is 32.7 Å². The molecule has 0 aromatic heterocycles. The van der Waals surface area contributed by atoms with Crippen LogP contribution in [-0.4, -0.2) is 43.4 Å². The molecule has 0 aliphatic carbocycles. The summed E-state index contributed by atoms with van der Waals surface area (Å²) in [5, 5.41) is 9.93. The molecule has 3 nitrogen and oxygen atoms in total. The van der Waals surface area contributed by atoms with Crippen molar-refractivity contribution in [2.75, 3.05) is 27.2 Å². The van der Waals surface area contributed by atoms with Crippen LogP contribution in [0.25, 0.3) is 0 Å². The molecule has 1 rings (SSSR count). The molecule has 1 aromatic carbocycles. The van der Waals surface area contributed by atoms with Crippen LogP contribution in [0.5, 0.6) is 5.75 Å². The summed E-state index contributed by atoms with van der Waals surface area (Å²) in [7, 11) is 2.62. The molecule has 0 amide bonds. The number of alkyl halides is 3. The van der Waals surface area contributed by atoms with Crippen LogP contribution in [0.1, 0.15) is 18.1 Å². The lowest BCUT2D eigenvalue weighted by molar-refractivity contribution is -0.143. The number of aliphatic hydroxyl groups is 1. The predicted molar refractivity (Wildman–Crippen MR) is 66.1 cm³/mol. The number of hydrogen-bond acceptors (Lipinski definition) is 3. The molecule has 1 atom stereocenters. The second-order valence-electron chi connectivity index (χ2n) is 4.51. The Kier molecular flexibility index (Phi) is 5.76. The van der Waals surface area contributed by atoms with Gasteiger partial charge in [0, 0.05) is 6.54 Å². The van der Waals surface area contributed by atoms with Crippen molar-refractivity contribution >= 4 is 0 Å². The highest BCUT2D eigenvalue weighted by Crippen LogP contribution is 2.30. The molecule has 0 aliphatic rings. The minimum Gasteiger partial charge on any atom is -0.496 e. The van der Waals surface area contributed by atoms with Crippen LogP contribution in [0, 0.1) is 5.82 Å². The maximum absolute atomic E-state index is 13.6. The lowest BCUT2D eigenvalue weighted by Gasteiger charge is -2.21. The third kappa shape index (κ3) is 4.97. The minimum absolute atomic E-state index is 0.0157. The van der Waals surface area contributed by atoms with Crippen molar-refractivity contribution in [1.82, 2.24) is 4.90 Å². The van der Waals surface area contributed by atoms with E-state index < -0.39 is 24.6 Å². The van der Waals surface area contributed by atoms with Gasteiger partial charge < -0.3 is 9.84 Å². The van der Waals surface area contributed by atoms with Gasteiger partial charge in [-0.1, -0.05) is 6.07 Å². The molecular formula is C13H17F4NO2. The number of hydrogen-bond donors (Lipinski definition) is 1. The maximum atomic E-state index is 13.6. The number of ether oxygens (including phenoxy) is 1. The van der Waals surface area contributed by atoms with Crippen LogP contribution >= 0.6 is 0 Å². The molecule has 0 spiro atoms. The highest BCUT2D eigenvalue weighted by Gasteiger charge is 2.29. The van der Waals surface area contributed by atoms with Gasteiger partial charge in [0.05, 0.1) is 25.3 Å². The van der Waals surface area contributed by atoms with Gasteiger partial charge in [0.1, 0.15) is 11.6 Å². The Morgan fingerprint density at radius 2 is 2.00 bits per heavy atom. The molecule has 0 saturated carbocycles. The van der Waals surface area contributed by atoms with Gasteiger partial charge in [0.15, 0.2) is 0 Å². The molecule has 1 aromatic rings. The monoisotopic (exact) mass is 295 g/mol. The molecule has 114 valence electrons. The van der Waals surface area contributed by atoms with Crippen molar-refractivity contribution in [3.8, 4) is 5.75 Å². The van der Waals surface area contributed by atoms with Gasteiger partial charge in [0.25, 0.3) is 0 Å². The lowest BCUT2D eigenvalue weighted by atomic mass is 10.0. The Hall–Kier alpha value is -1.34. The summed E-state index contributed by atoms with van der Waals surface area (Å²) in [6, 6.07) is 4.09. The SMILES string of the molecule is COc1cccc(F)c1C(O)CCN(C)CC(F)(F)F. The van der Waals surface area contributed by atoms with Gasteiger partial charge in [-0.15, -0.1) is 0 Å². The Morgan fingerprint density at radius 1 is 1.35 bits per heavy atom. The number of rotatable bonds is 6. The van der Waals surface area contributed by atoms with E-state index in [0.717, 1.165) is 4.90 Å². The minimum atomic E-state index is -4.30. The van der Waals surface area contributed by atoms with Crippen LogP contribution in [0.15, 0.2) is 18.2 Å². The van der Waals surface area contributed by atoms with E-state index in [2.05, 4.69) is 0 Å². The summed E-state index contributed by atoms with van der Waals surface area (Å²) in [6.07, 6.45) is -5.54. The third-order valence-corrected chi connectivity index (χ3v) is 2.80. The van der Waals surface area contributed by atoms with E-state index in [1.54, 1.807) is 0 Å². The zero-order valence-electron chi connectivity index (χ0n) is 11.2. The van der Waals surface area contributed by atoms with Gasteiger partial charge in [-0.2, -0.15) is 13.2 Å². The first kappa shape index (κ1) is 16.7. The summed E-state index contributed by atoms with van der Waals surface area (Å²) in [6.45, 7) is -1.09. The Bertz CT molecular complexity index is 437. The second kappa shape index (κ2) is 6.90. The molecule has 0 radical (unpaired) electrons. The van der Waals surface area contributed by atoms with Crippen molar-refractivity contribution in [3.05, 3.63) is 29.6 Å². The van der Waals surface area contributed by atoms with Crippen LogP contribution in [0.3, 0.4) is 0 Å². The fraction of sp³-hybridized carbons (Fsp3) is 0.538. The van der Waals surface area contributed by atoms with Crippen molar-refractivity contribution in [1.29, 1.82) is 0 Å². The first-order valence-corrected chi connectivity index (χ1v) is 6.00. The molecule has 0 heterocycles. The number of benzene rings is 1. The van der Waals surface area contributed by atoms with Gasteiger partial charge >= 0.3 is 6.18 Å². The lowest BCUT2D eigenvalue weighted by Crippen LogP contribution is -2.32. The number of methoxy groups -OCH3 is 1. The average molecular weight is 295 g/mol. The van der Waals surface area contributed by atoms with E-state index in [1.165, 1.54) is 32.4 Å². The van der Waals surface area contributed by atoms with Gasteiger partial charge in [-0.3, -0.25) is 4.90 Å². The van der Waals surface area contributed by atoms with Crippen LogP contribution < -0.4 is 4.74 Å². The first-order valence-electron chi connectivity index (χ1n) is 6.00. The smallest absolute Gasteiger partial charge is 0.401 e. The summed E-state index contributed by atoms with van der Waals surface area (Å²) in [5.41, 5.74) is -0.0320. The predicted octanol–water partition coefficient (Wildman–Crippen LogP) is 2.75. The molecule has 0 saturated heterocycles. The fourth-order valence-electron chi connectivity index (χ4n) is 1.89. The standard InChI is InChI=1S/C13H17F4NO2/c1-18(8-13(15,16)17)7-6-10(19)12-9(14)4-3-5-11(12)20-2/h3-5,10,19H,6-8H2,1-2H3. The van der Waals surface area contributed by atoms with E-state index in [4.69, 9.17) is 4.74 Å². The van der Waals surface area contributed by atoms with E-state index in [1.807, 2.05) is 0 Å². The summed E-state index contributed by atoms with van der Waals surface area (Å²) >= 11 is 0. The van der Waals surface area contributed by atoms with Crippen LogP contribution in [0.4, 0.5) is 17.6 Å². The number of nitrogens with zero attached hydrogens (tertiary/aromatic N) is 1. The van der Waals surface area contributed by atoms with Gasteiger partial charge in [-0.05, 0) is 25.6 Å².